The Balaban J connectivity index is 2.09. The summed E-state index contributed by atoms with van der Waals surface area (Å²) in [4.78, 5) is 0. The fourth-order valence-electron chi connectivity index (χ4n) is 1.26. The Labute approximate surface area is 57.4 Å². The largest absolute Gasteiger partial charge is 0.369 e. The van der Waals surface area contributed by atoms with E-state index in [-0.39, 0.29) is 0 Å². The highest BCUT2D eigenvalue weighted by atomic mass is 16.6. The van der Waals surface area contributed by atoms with Crippen LogP contribution >= 0.6 is 0 Å². The number of epoxide rings is 1. The monoisotopic (exact) mass is 128 g/mol. The van der Waals surface area contributed by atoms with Gasteiger partial charge in [0, 0.05) is 0 Å². The van der Waals surface area contributed by atoms with Crippen LogP contribution in [0.15, 0.2) is 0 Å². The highest BCUT2D eigenvalue weighted by Crippen LogP contribution is 2.32. The van der Waals surface area contributed by atoms with Gasteiger partial charge in [-0.1, -0.05) is 27.2 Å². The third-order valence-corrected chi connectivity index (χ3v) is 1.85. The predicted octanol–water partition coefficient (Wildman–Crippen LogP) is 2.21. The van der Waals surface area contributed by atoms with E-state index in [1.54, 1.807) is 0 Å². The minimum Gasteiger partial charge on any atom is -0.369 e. The van der Waals surface area contributed by atoms with E-state index in [1.165, 1.54) is 12.8 Å². The molecule has 1 heteroatoms. The van der Waals surface area contributed by atoms with Crippen molar-refractivity contribution in [3.63, 3.8) is 0 Å². The molecule has 0 radical (unpaired) electrons. The van der Waals surface area contributed by atoms with Crippen LogP contribution in [-0.4, -0.2) is 12.2 Å². The van der Waals surface area contributed by atoms with Crippen LogP contribution in [0, 0.1) is 5.92 Å². The quantitative estimate of drug-likeness (QED) is 0.531. The second-order valence-corrected chi connectivity index (χ2v) is 3.17. The Morgan fingerprint density at radius 3 is 2.44 bits per heavy atom. The molecule has 1 fully saturated rings. The molecule has 0 N–H and O–H groups in total. The molecule has 0 spiro atoms. The lowest BCUT2D eigenvalue weighted by Gasteiger charge is -1.94. The molecule has 2 unspecified atom stereocenters. The summed E-state index contributed by atoms with van der Waals surface area (Å²) in [7, 11) is 0. The van der Waals surface area contributed by atoms with Crippen LogP contribution in [0.5, 0.6) is 0 Å². The standard InChI is InChI=1S/C8H16O/c1-4-5-7-8(9-7)6(2)3/h6-8H,4-5H2,1-3H3. The molecule has 2 atom stereocenters. The van der Waals surface area contributed by atoms with Crippen LogP contribution in [0.25, 0.3) is 0 Å². The first kappa shape index (κ1) is 7.07. The van der Waals surface area contributed by atoms with Gasteiger partial charge in [-0.05, 0) is 12.3 Å². The third kappa shape index (κ3) is 1.68. The van der Waals surface area contributed by atoms with Crippen LogP contribution in [0.2, 0.25) is 0 Å². The lowest BCUT2D eigenvalue weighted by Crippen LogP contribution is -2.01. The Hall–Kier alpha value is -0.0400. The second-order valence-electron chi connectivity index (χ2n) is 3.17. The highest BCUT2D eigenvalue weighted by molar-refractivity contribution is 4.86. The molecule has 0 amide bonds. The van der Waals surface area contributed by atoms with Gasteiger partial charge >= 0.3 is 0 Å². The Kier molecular flexibility index (Phi) is 2.12. The summed E-state index contributed by atoms with van der Waals surface area (Å²) in [5, 5.41) is 0. The minimum absolute atomic E-state index is 0.588. The Morgan fingerprint density at radius 1 is 1.44 bits per heavy atom. The van der Waals surface area contributed by atoms with Gasteiger partial charge in [0.05, 0.1) is 12.2 Å². The normalized spacial score (nSPS) is 33.3. The number of hydrogen-bond acceptors (Lipinski definition) is 1. The molecule has 0 aromatic carbocycles. The zero-order chi connectivity index (χ0) is 6.85. The average molecular weight is 128 g/mol. The summed E-state index contributed by atoms with van der Waals surface area (Å²) in [5.41, 5.74) is 0. The Morgan fingerprint density at radius 2 is 2.11 bits per heavy atom. The van der Waals surface area contributed by atoms with Gasteiger partial charge in [-0.25, -0.2) is 0 Å². The number of rotatable bonds is 3. The van der Waals surface area contributed by atoms with Crippen molar-refractivity contribution < 1.29 is 4.74 Å². The molecule has 9 heavy (non-hydrogen) atoms. The third-order valence-electron chi connectivity index (χ3n) is 1.85. The molecule has 1 aliphatic rings. The molecular formula is C8H16O. The van der Waals surface area contributed by atoms with Crippen LogP contribution in [0.1, 0.15) is 33.6 Å². The van der Waals surface area contributed by atoms with Crippen LogP contribution < -0.4 is 0 Å². The van der Waals surface area contributed by atoms with Gasteiger partial charge < -0.3 is 4.74 Å². The lowest BCUT2D eigenvalue weighted by atomic mass is 10.1. The van der Waals surface area contributed by atoms with E-state index in [2.05, 4.69) is 20.8 Å². The average Bonchev–Trinajstić information content (AvgIpc) is 2.47. The van der Waals surface area contributed by atoms with Crippen molar-refractivity contribution in [1.82, 2.24) is 0 Å². The number of ether oxygens (including phenoxy) is 1. The van der Waals surface area contributed by atoms with E-state index in [9.17, 15) is 0 Å². The topological polar surface area (TPSA) is 12.5 Å². The van der Waals surface area contributed by atoms with Gasteiger partial charge in [-0.15, -0.1) is 0 Å². The van der Waals surface area contributed by atoms with Crippen molar-refractivity contribution in [2.75, 3.05) is 0 Å². The SMILES string of the molecule is CCCC1OC1C(C)C. The molecule has 1 nitrogen and oxygen atoms in total. The zero-order valence-electron chi connectivity index (χ0n) is 6.55. The first-order valence-corrected chi connectivity index (χ1v) is 3.91. The Bertz CT molecular complexity index is 88.6. The van der Waals surface area contributed by atoms with E-state index in [1.807, 2.05) is 0 Å². The van der Waals surface area contributed by atoms with Gasteiger partial charge in [0.2, 0.25) is 0 Å². The van der Waals surface area contributed by atoms with E-state index in [0.29, 0.717) is 12.2 Å². The van der Waals surface area contributed by atoms with Crippen molar-refractivity contribution in [2.45, 2.75) is 45.8 Å². The van der Waals surface area contributed by atoms with Crippen LogP contribution in [0.4, 0.5) is 0 Å². The molecule has 1 rings (SSSR count). The molecule has 1 heterocycles. The summed E-state index contributed by atoms with van der Waals surface area (Å²) < 4.78 is 5.42. The van der Waals surface area contributed by atoms with Crippen molar-refractivity contribution in [1.29, 1.82) is 0 Å². The van der Waals surface area contributed by atoms with Crippen molar-refractivity contribution in [2.24, 2.45) is 5.92 Å². The smallest absolute Gasteiger partial charge is 0.0864 e. The molecule has 54 valence electrons. The maximum absolute atomic E-state index is 5.42. The van der Waals surface area contributed by atoms with Gasteiger partial charge in [0.1, 0.15) is 0 Å². The molecule has 0 saturated carbocycles. The van der Waals surface area contributed by atoms with Crippen molar-refractivity contribution in [3.05, 3.63) is 0 Å². The summed E-state index contributed by atoms with van der Waals surface area (Å²) >= 11 is 0. The zero-order valence-corrected chi connectivity index (χ0v) is 6.55. The van der Waals surface area contributed by atoms with Gasteiger partial charge in [-0.2, -0.15) is 0 Å². The molecular weight excluding hydrogens is 112 g/mol. The second kappa shape index (κ2) is 2.70. The summed E-state index contributed by atoms with van der Waals surface area (Å²) in [6.45, 7) is 6.65. The van der Waals surface area contributed by atoms with Crippen molar-refractivity contribution >= 4 is 0 Å². The minimum atomic E-state index is 0.588. The van der Waals surface area contributed by atoms with Gasteiger partial charge in [0.15, 0.2) is 0 Å². The molecule has 1 saturated heterocycles. The fraction of sp³-hybridized carbons (Fsp3) is 1.00. The van der Waals surface area contributed by atoms with E-state index in [0.717, 1.165) is 5.92 Å². The predicted molar refractivity (Wildman–Crippen MR) is 38.4 cm³/mol. The van der Waals surface area contributed by atoms with Gasteiger partial charge in [0.25, 0.3) is 0 Å². The fourth-order valence-corrected chi connectivity index (χ4v) is 1.26. The molecule has 0 aromatic heterocycles. The number of hydrogen-bond donors (Lipinski definition) is 0. The molecule has 0 bridgehead atoms. The lowest BCUT2D eigenvalue weighted by molar-refractivity contribution is 0.330. The van der Waals surface area contributed by atoms with Crippen LogP contribution in [0.3, 0.4) is 0 Å². The maximum atomic E-state index is 5.42. The molecule has 1 aliphatic heterocycles. The van der Waals surface area contributed by atoms with Crippen LogP contribution in [-0.2, 0) is 4.74 Å². The van der Waals surface area contributed by atoms with Crippen molar-refractivity contribution in [3.8, 4) is 0 Å². The van der Waals surface area contributed by atoms with E-state index in [4.69, 9.17) is 4.74 Å². The summed E-state index contributed by atoms with van der Waals surface area (Å²) in [5.74, 6) is 0.724. The first-order valence-electron chi connectivity index (χ1n) is 3.91. The van der Waals surface area contributed by atoms with E-state index < -0.39 is 0 Å². The molecule has 0 aromatic rings. The first-order chi connectivity index (χ1) is 4.25. The van der Waals surface area contributed by atoms with Gasteiger partial charge in [-0.3, -0.25) is 0 Å². The molecule has 0 aliphatic carbocycles. The summed E-state index contributed by atoms with van der Waals surface area (Å²) in [6.07, 6.45) is 3.71. The summed E-state index contributed by atoms with van der Waals surface area (Å²) in [6, 6.07) is 0. The highest BCUT2D eigenvalue weighted by Gasteiger charge is 2.39. The van der Waals surface area contributed by atoms with E-state index >= 15 is 0 Å². The maximum Gasteiger partial charge on any atom is 0.0864 e.